The van der Waals surface area contributed by atoms with E-state index in [0.29, 0.717) is 23.7 Å². The van der Waals surface area contributed by atoms with Crippen LogP contribution in [0.2, 0.25) is 5.02 Å². The minimum absolute atomic E-state index is 0.0481. The molecule has 3 amide bonds. The van der Waals surface area contributed by atoms with Gasteiger partial charge in [-0.15, -0.1) is 0 Å². The third-order valence-electron chi connectivity index (χ3n) is 2.43. The number of carbonyl (C=O) groups excluding carboxylic acids is 2. The molecule has 90 valence electrons. The van der Waals surface area contributed by atoms with Crippen molar-refractivity contribution in [2.75, 3.05) is 11.9 Å². The Bertz CT molecular complexity index is 450. The van der Waals surface area contributed by atoms with E-state index in [1.54, 1.807) is 24.3 Å². The predicted octanol–water partition coefficient (Wildman–Crippen LogP) is 1.35. The van der Waals surface area contributed by atoms with Gasteiger partial charge in [0.15, 0.2) is 0 Å². The Balaban J connectivity index is 1.89. The van der Waals surface area contributed by atoms with Crippen molar-refractivity contribution in [3.63, 3.8) is 0 Å². The molecular weight excluding hydrogens is 242 g/mol. The van der Waals surface area contributed by atoms with Crippen LogP contribution in [-0.2, 0) is 4.79 Å². The lowest BCUT2D eigenvalue weighted by molar-refractivity contribution is -0.119. The number of anilines is 1. The van der Waals surface area contributed by atoms with Crippen LogP contribution in [0.4, 0.5) is 10.5 Å². The summed E-state index contributed by atoms with van der Waals surface area (Å²) in [7, 11) is 0. The molecule has 0 unspecified atom stereocenters. The topological polar surface area (TPSA) is 70.2 Å². The minimum atomic E-state index is -0.361. The van der Waals surface area contributed by atoms with E-state index in [1.807, 2.05) is 0 Å². The van der Waals surface area contributed by atoms with Crippen LogP contribution in [-0.4, -0.2) is 24.5 Å². The third-order valence-corrected chi connectivity index (χ3v) is 2.76. The summed E-state index contributed by atoms with van der Waals surface area (Å²) in [6.45, 7) is 0.467. The summed E-state index contributed by atoms with van der Waals surface area (Å²) in [4.78, 5) is 22.6. The van der Waals surface area contributed by atoms with Gasteiger partial charge in [0.2, 0.25) is 5.91 Å². The lowest BCUT2D eigenvalue weighted by Crippen LogP contribution is -2.39. The fourth-order valence-electron chi connectivity index (χ4n) is 1.61. The Morgan fingerprint density at radius 2 is 2.18 bits per heavy atom. The van der Waals surface area contributed by atoms with Crippen LogP contribution >= 0.6 is 11.6 Å². The summed E-state index contributed by atoms with van der Waals surface area (Å²) >= 11 is 5.90. The highest BCUT2D eigenvalue weighted by Gasteiger charge is 2.22. The summed E-state index contributed by atoms with van der Waals surface area (Å²) in [5.74, 6) is -0.0481. The molecular formula is C11H12ClN3O2. The first-order valence-corrected chi connectivity index (χ1v) is 5.61. The molecule has 1 aromatic rings. The van der Waals surface area contributed by atoms with Crippen LogP contribution in [0.5, 0.6) is 0 Å². The molecule has 6 heteroatoms. The van der Waals surface area contributed by atoms with Gasteiger partial charge in [0.1, 0.15) is 0 Å². The molecule has 0 saturated carbocycles. The molecule has 0 aliphatic carbocycles. The SMILES string of the molecule is O=C1C[C@H](NC(=O)Nc2ccccc2Cl)CN1. The minimum Gasteiger partial charge on any atom is -0.354 e. The number of benzene rings is 1. The number of carbonyl (C=O) groups is 2. The number of hydrogen-bond acceptors (Lipinski definition) is 2. The van der Waals surface area contributed by atoms with Crippen LogP contribution in [0, 0.1) is 0 Å². The fraction of sp³-hybridized carbons (Fsp3) is 0.273. The Kier molecular flexibility index (Phi) is 3.49. The number of hydrogen-bond donors (Lipinski definition) is 3. The maximum Gasteiger partial charge on any atom is 0.319 e. The van der Waals surface area contributed by atoms with E-state index < -0.39 is 0 Å². The first-order valence-electron chi connectivity index (χ1n) is 5.24. The van der Waals surface area contributed by atoms with Gasteiger partial charge in [0.25, 0.3) is 0 Å². The molecule has 3 N–H and O–H groups in total. The lowest BCUT2D eigenvalue weighted by atomic mass is 10.2. The van der Waals surface area contributed by atoms with Crippen molar-refractivity contribution in [2.45, 2.75) is 12.5 Å². The van der Waals surface area contributed by atoms with Crippen LogP contribution in [0.25, 0.3) is 0 Å². The predicted molar refractivity (Wildman–Crippen MR) is 65.0 cm³/mol. The normalized spacial score (nSPS) is 18.6. The summed E-state index contributed by atoms with van der Waals surface area (Å²) in [6.07, 6.45) is 0.315. The lowest BCUT2D eigenvalue weighted by Gasteiger charge is -2.12. The molecule has 1 aromatic carbocycles. The molecule has 5 nitrogen and oxygen atoms in total. The first-order chi connectivity index (χ1) is 8.15. The highest BCUT2D eigenvalue weighted by molar-refractivity contribution is 6.33. The van der Waals surface area contributed by atoms with Gasteiger partial charge in [-0.3, -0.25) is 4.79 Å². The second kappa shape index (κ2) is 5.05. The van der Waals surface area contributed by atoms with E-state index in [0.717, 1.165) is 0 Å². The number of urea groups is 1. The highest BCUT2D eigenvalue weighted by Crippen LogP contribution is 2.20. The van der Waals surface area contributed by atoms with Crippen molar-refractivity contribution in [1.29, 1.82) is 0 Å². The van der Waals surface area contributed by atoms with Crippen molar-refractivity contribution in [1.82, 2.24) is 10.6 Å². The summed E-state index contributed by atoms with van der Waals surface area (Å²) in [5, 5.41) is 8.44. The molecule has 17 heavy (non-hydrogen) atoms. The Labute approximate surface area is 104 Å². The average molecular weight is 254 g/mol. The van der Waals surface area contributed by atoms with Crippen molar-refractivity contribution < 1.29 is 9.59 Å². The summed E-state index contributed by atoms with van der Waals surface area (Å²) in [5.41, 5.74) is 0.545. The first kappa shape index (κ1) is 11.7. The molecule has 1 saturated heterocycles. The van der Waals surface area contributed by atoms with Crippen LogP contribution in [0.15, 0.2) is 24.3 Å². The van der Waals surface area contributed by atoms with E-state index in [1.165, 1.54) is 0 Å². The largest absolute Gasteiger partial charge is 0.354 e. The molecule has 0 radical (unpaired) electrons. The van der Waals surface area contributed by atoms with Gasteiger partial charge in [-0.1, -0.05) is 23.7 Å². The number of amides is 3. The van der Waals surface area contributed by atoms with Crippen LogP contribution in [0.3, 0.4) is 0 Å². The van der Waals surface area contributed by atoms with Gasteiger partial charge in [0.05, 0.1) is 16.8 Å². The Morgan fingerprint density at radius 1 is 1.41 bits per heavy atom. The van der Waals surface area contributed by atoms with Crippen molar-refractivity contribution in [2.24, 2.45) is 0 Å². The van der Waals surface area contributed by atoms with E-state index in [2.05, 4.69) is 16.0 Å². The molecule has 1 fully saturated rings. The summed E-state index contributed by atoms with van der Waals surface area (Å²) in [6, 6.07) is 6.44. The molecule has 1 aliphatic heterocycles. The zero-order valence-corrected chi connectivity index (χ0v) is 9.75. The van der Waals surface area contributed by atoms with Gasteiger partial charge in [-0.05, 0) is 12.1 Å². The average Bonchev–Trinajstić information content (AvgIpc) is 2.67. The maximum atomic E-state index is 11.6. The summed E-state index contributed by atoms with van der Waals surface area (Å²) < 4.78 is 0. The molecule has 0 aromatic heterocycles. The number of nitrogens with one attached hydrogen (secondary N) is 3. The molecule has 1 heterocycles. The monoisotopic (exact) mass is 253 g/mol. The second-order valence-electron chi connectivity index (χ2n) is 3.78. The zero-order chi connectivity index (χ0) is 12.3. The van der Waals surface area contributed by atoms with Crippen LogP contribution in [0.1, 0.15) is 6.42 Å². The number of para-hydroxylation sites is 1. The smallest absolute Gasteiger partial charge is 0.319 e. The third kappa shape index (κ3) is 3.10. The van der Waals surface area contributed by atoms with Gasteiger partial charge >= 0.3 is 6.03 Å². The Hall–Kier alpha value is -1.75. The molecule has 0 bridgehead atoms. The standard InChI is InChI=1S/C11H12ClN3O2/c12-8-3-1-2-4-9(8)15-11(17)14-7-5-10(16)13-6-7/h1-4,7H,5-6H2,(H,13,16)(H2,14,15,17)/t7-/m0/s1. The van der Waals surface area contributed by atoms with Gasteiger partial charge in [-0.25, -0.2) is 4.79 Å². The molecule has 1 aliphatic rings. The maximum absolute atomic E-state index is 11.6. The number of rotatable bonds is 2. The Morgan fingerprint density at radius 3 is 2.82 bits per heavy atom. The van der Waals surface area contributed by atoms with Crippen LogP contribution < -0.4 is 16.0 Å². The van der Waals surface area contributed by atoms with Crippen molar-refractivity contribution in [3.8, 4) is 0 Å². The van der Waals surface area contributed by atoms with E-state index in [9.17, 15) is 9.59 Å². The molecule has 2 rings (SSSR count). The number of halogens is 1. The van der Waals surface area contributed by atoms with Gasteiger partial charge in [-0.2, -0.15) is 0 Å². The van der Waals surface area contributed by atoms with Crippen molar-refractivity contribution in [3.05, 3.63) is 29.3 Å². The van der Waals surface area contributed by atoms with E-state index >= 15 is 0 Å². The van der Waals surface area contributed by atoms with E-state index in [-0.39, 0.29) is 18.0 Å². The van der Waals surface area contributed by atoms with Crippen molar-refractivity contribution >= 4 is 29.2 Å². The quantitative estimate of drug-likeness (QED) is 0.745. The molecule has 0 spiro atoms. The second-order valence-corrected chi connectivity index (χ2v) is 4.19. The van der Waals surface area contributed by atoms with Gasteiger partial charge in [0, 0.05) is 13.0 Å². The fourth-order valence-corrected chi connectivity index (χ4v) is 1.80. The highest BCUT2D eigenvalue weighted by atomic mass is 35.5. The molecule has 1 atom stereocenters. The van der Waals surface area contributed by atoms with E-state index in [4.69, 9.17) is 11.6 Å². The van der Waals surface area contributed by atoms with Gasteiger partial charge < -0.3 is 16.0 Å². The zero-order valence-electron chi connectivity index (χ0n) is 9.00.